The fourth-order valence-corrected chi connectivity index (χ4v) is 2.43. The average Bonchev–Trinajstić information content (AvgIpc) is 2.44. The number of carbonyl (C=O) groups excluding carboxylic acids is 2. The van der Waals surface area contributed by atoms with E-state index in [4.69, 9.17) is 0 Å². The summed E-state index contributed by atoms with van der Waals surface area (Å²) in [5.74, 6) is -0.146. The first-order valence-electron chi connectivity index (χ1n) is 7.05. The predicted octanol–water partition coefficient (Wildman–Crippen LogP) is 0.150. The highest BCUT2D eigenvalue weighted by atomic mass is 16.3. The predicted molar refractivity (Wildman–Crippen MR) is 78.3 cm³/mol. The van der Waals surface area contributed by atoms with Gasteiger partial charge in [0, 0.05) is 12.1 Å². The van der Waals surface area contributed by atoms with E-state index < -0.39 is 0 Å². The van der Waals surface area contributed by atoms with Gasteiger partial charge in [0.25, 0.3) is 11.8 Å². The number of aliphatic hydroxyl groups excluding tert-OH is 1. The summed E-state index contributed by atoms with van der Waals surface area (Å²) >= 11 is 0. The van der Waals surface area contributed by atoms with Crippen molar-refractivity contribution in [2.24, 2.45) is 5.92 Å². The molecule has 6 heteroatoms. The zero-order chi connectivity index (χ0) is 15.2. The van der Waals surface area contributed by atoms with Crippen molar-refractivity contribution in [3.63, 3.8) is 0 Å². The van der Waals surface area contributed by atoms with Gasteiger partial charge in [0.1, 0.15) is 0 Å². The first-order chi connectivity index (χ1) is 10.0. The molecule has 0 bridgehead atoms. The highest BCUT2D eigenvalue weighted by molar-refractivity contribution is 5.95. The Bertz CT molecular complexity index is 486. The Balaban J connectivity index is 1.66. The number of hydrogen-bond donors (Lipinski definition) is 3. The second kappa shape index (κ2) is 7.19. The molecule has 114 valence electrons. The molecule has 3 N–H and O–H groups in total. The molecule has 0 aliphatic heterocycles. The zero-order valence-electron chi connectivity index (χ0n) is 12.1. The highest BCUT2D eigenvalue weighted by Crippen LogP contribution is 2.27. The van der Waals surface area contributed by atoms with Crippen LogP contribution in [-0.2, 0) is 4.79 Å². The molecule has 0 heterocycles. The summed E-state index contributed by atoms with van der Waals surface area (Å²) < 4.78 is 0. The van der Waals surface area contributed by atoms with E-state index in [9.17, 15) is 14.7 Å². The lowest BCUT2D eigenvalue weighted by atomic mass is 9.82. The van der Waals surface area contributed by atoms with Crippen molar-refractivity contribution in [2.45, 2.75) is 18.9 Å². The molecule has 6 nitrogen and oxygen atoms in total. The molecule has 2 amide bonds. The second-order valence-corrected chi connectivity index (χ2v) is 5.56. The van der Waals surface area contributed by atoms with Gasteiger partial charge in [-0.15, -0.1) is 0 Å². The number of nitrogens with one attached hydrogen (secondary N) is 2. The number of amides is 2. The largest absolute Gasteiger partial charge is 0.393 e. The maximum atomic E-state index is 11.7. The van der Waals surface area contributed by atoms with Crippen LogP contribution in [0.2, 0.25) is 0 Å². The van der Waals surface area contributed by atoms with Crippen LogP contribution in [0.3, 0.4) is 0 Å². The third-order valence-electron chi connectivity index (χ3n) is 3.55. The van der Waals surface area contributed by atoms with Crippen LogP contribution in [0.25, 0.3) is 0 Å². The van der Waals surface area contributed by atoms with Crippen molar-refractivity contribution in [3.05, 3.63) is 35.9 Å². The minimum absolute atomic E-state index is 0.178. The van der Waals surface area contributed by atoms with Crippen LogP contribution in [0.15, 0.2) is 30.3 Å². The van der Waals surface area contributed by atoms with E-state index in [1.807, 2.05) is 18.0 Å². The van der Waals surface area contributed by atoms with Gasteiger partial charge in [-0.05, 0) is 37.9 Å². The summed E-state index contributed by atoms with van der Waals surface area (Å²) in [5.41, 5.74) is 5.28. The van der Waals surface area contributed by atoms with Crippen molar-refractivity contribution in [3.8, 4) is 0 Å². The number of aliphatic hydroxyl groups is 1. The lowest BCUT2D eigenvalue weighted by Crippen LogP contribution is -2.47. The maximum Gasteiger partial charge on any atom is 0.269 e. The maximum absolute atomic E-state index is 11.7. The molecule has 1 aliphatic rings. The van der Waals surface area contributed by atoms with Crippen LogP contribution < -0.4 is 10.9 Å². The Hall–Kier alpha value is -1.92. The first kappa shape index (κ1) is 15.5. The Morgan fingerprint density at radius 3 is 2.52 bits per heavy atom. The van der Waals surface area contributed by atoms with Crippen molar-refractivity contribution in [2.75, 3.05) is 20.1 Å². The molecule has 1 aliphatic carbocycles. The van der Waals surface area contributed by atoms with Gasteiger partial charge in [-0.2, -0.15) is 0 Å². The minimum atomic E-state index is -0.339. The normalized spacial score (nSPS) is 20.7. The molecule has 1 fully saturated rings. The molecule has 0 radical (unpaired) electrons. The van der Waals surface area contributed by atoms with Gasteiger partial charge in [0.05, 0.1) is 12.6 Å². The van der Waals surface area contributed by atoms with Crippen LogP contribution >= 0.6 is 0 Å². The molecule has 21 heavy (non-hydrogen) atoms. The van der Waals surface area contributed by atoms with Crippen LogP contribution in [0.5, 0.6) is 0 Å². The van der Waals surface area contributed by atoms with Crippen molar-refractivity contribution < 1.29 is 14.7 Å². The van der Waals surface area contributed by atoms with E-state index in [0.717, 1.165) is 19.4 Å². The minimum Gasteiger partial charge on any atom is -0.393 e. The molecule has 0 spiro atoms. The second-order valence-electron chi connectivity index (χ2n) is 5.56. The van der Waals surface area contributed by atoms with Crippen LogP contribution in [0.1, 0.15) is 23.2 Å². The standard InChI is InChI=1S/C15H21N3O3/c1-18(9-11-7-13(19)8-11)10-14(20)16-17-15(21)12-5-3-2-4-6-12/h2-6,11,13,19H,7-10H2,1H3,(H,16,20)(H,17,21). The summed E-state index contributed by atoms with van der Waals surface area (Å²) in [6.07, 6.45) is 1.43. The summed E-state index contributed by atoms with van der Waals surface area (Å²) in [5, 5.41) is 9.22. The van der Waals surface area contributed by atoms with Gasteiger partial charge in [-0.25, -0.2) is 0 Å². The molecular weight excluding hydrogens is 270 g/mol. The number of benzene rings is 1. The third-order valence-corrected chi connectivity index (χ3v) is 3.55. The topological polar surface area (TPSA) is 81.7 Å². The number of carbonyl (C=O) groups is 2. The van der Waals surface area contributed by atoms with E-state index in [-0.39, 0.29) is 24.5 Å². The number of hydrogen-bond acceptors (Lipinski definition) is 4. The average molecular weight is 291 g/mol. The third kappa shape index (κ3) is 4.84. The molecule has 0 aromatic heterocycles. The van der Waals surface area contributed by atoms with Gasteiger partial charge in [-0.1, -0.05) is 18.2 Å². The van der Waals surface area contributed by atoms with Crippen LogP contribution in [0, 0.1) is 5.92 Å². The van der Waals surface area contributed by atoms with Gasteiger partial charge < -0.3 is 5.11 Å². The van der Waals surface area contributed by atoms with Crippen molar-refractivity contribution >= 4 is 11.8 Å². The Labute approximate surface area is 124 Å². The molecular formula is C15H21N3O3. The number of likely N-dealkylation sites (N-methyl/N-ethyl adjacent to an activating group) is 1. The van der Waals surface area contributed by atoms with Gasteiger partial charge in [0.2, 0.25) is 0 Å². The Morgan fingerprint density at radius 2 is 1.90 bits per heavy atom. The Morgan fingerprint density at radius 1 is 1.24 bits per heavy atom. The van der Waals surface area contributed by atoms with E-state index in [0.29, 0.717) is 11.5 Å². The summed E-state index contributed by atoms with van der Waals surface area (Å²) in [6, 6.07) is 8.70. The molecule has 0 unspecified atom stereocenters. The van der Waals surface area contributed by atoms with E-state index in [1.165, 1.54) is 0 Å². The van der Waals surface area contributed by atoms with Gasteiger partial charge >= 0.3 is 0 Å². The SMILES string of the molecule is CN(CC(=O)NNC(=O)c1ccccc1)CC1CC(O)C1. The smallest absolute Gasteiger partial charge is 0.269 e. The molecule has 1 saturated carbocycles. The van der Waals surface area contributed by atoms with Crippen LogP contribution in [0.4, 0.5) is 0 Å². The number of rotatable bonds is 5. The monoisotopic (exact) mass is 291 g/mol. The molecule has 1 aromatic rings. The quantitative estimate of drug-likeness (QED) is 0.675. The molecule has 0 atom stereocenters. The molecule has 2 rings (SSSR count). The lowest BCUT2D eigenvalue weighted by Gasteiger charge is -2.34. The van der Waals surface area contributed by atoms with Crippen LogP contribution in [-0.4, -0.2) is 48.1 Å². The highest BCUT2D eigenvalue weighted by Gasteiger charge is 2.28. The Kier molecular flexibility index (Phi) is 5.30. The van der Waals surface area contributed by atoms with E-state index in [2.05, 4.69) is 10.9 Å². The van der Waals surface area contributed by atoms with Gasteiger partial charge in [0.15, 0.2) is 0 Å². The van der Waals surface area contributed by atoms with E-state index >= 15 is 0 Å². The zero-order valence-corrected chi connectivity index (χ0v) is 12.1. The molecule has 1 aromatic carbocycles. The molecule has 0 saturated heterocycles. The van der Waals surface area contributed by atoms with E-state index in [1.54, 1.807) is 24.3 Å². The summed E-state index contributed by atoms with van der Waals surface area (Å²) in [6.45, 7) is 0.985. The fourth-order valence-electron chi connectivity index (χ4n) is 2.43. The fraction of sp³-hybridized carbons (Fsp3) is 0.467. The summed E-state index contributed by atoms with van der Waals surface area (Å²) in [7, 11) is 1.85. The lowest BCUT2D eigenvalue weighted by molar-refractivity contribution is -0.123. The number of nitrogens with zero attached hydrogens (tertiary/aromatic N) is 1. The number of hydrazine groups is 1. The summed E-state index contributed by atoms with van der Waals surface area (Å²) in [4.78, 5) is 25.4. The first-order valence-corrected chi connectivity index (χ1v) is 7.05. The van der Waals surface area contributed by atoms with Crippen molar-refractivity contribution in [1.82, 2.24) is 15.8 Å². The van der Waals surface area contributed by atoms with Gasteiger partial charge in [-0.3, -0.25) is 25.3 Å². The van der Waals surface area contributed by atoms with Crippen molar-refractivity contribution in [1.29, 1.82) is 0 Å².